The maximum absolute atomic E-state index is 10.1. The fourth-order valence-electron chi connectivity index (χ4n) is 0.645. The summed E-state index contributed by atoms with van der Waals surface area (Å²) in [6.07, 6.45) is 0.935. The van der Waals surface area contributed by atoms with Gasteiger partial charge in [-0.3, -0.25) is 4.55 Å². The summed E-state index contributed by atoms with van der Waals surface area (Å²) < 4.78 is 32.6. The van der Waals surface area contributed by atoms with Crippen LogP contribution in [0, 0.1) is 0 Å². The van der Waals surface area contributed by atoms with E-state index in [4.69, 9.17) is 4.55 Å². The third kappa shape index (κ3) is 4.22. The monoisotopic (exact) mass is 216 g/mol. The van der Waals surface area contributed by atoms with Crippen LogP contribution in [-0.4, -0.2) is 30.6 Å². The van der Waals surface area contributed by atoms with Crippen molar-refractivity contribution in [2.75, 3.05) is 12.4 Å². The molecule has 0 aliphatic carbocycles. The first-order valence-corrected chi connectivity index (χ1v) is 6.73. The Morgan fingerprint density at radius 3 is 2.82 bits per heavy atom. The fourth-order valence-corrected chi connectivity index (χ4v) is 3.83. The van der Waals surface area contributed by atoms with E-state index in [-0.39, 0.29) is 11.9 Å². The van der Waals surface area contributed by atoms with Crippen molar-refractivity contribution in [2.45, 2.75) is 11.7 Å². The average Bonchev–Trinajstić information content (AvgIpc) is 2.32. The molecule has 0 aromatic heterocycles. The Morgan fingerprint density at radius 1 is 1.64 bits per heavy atom. The van der Waals surface area contributed by atoms with Gasteiger partial charge in [0.1, 0.15) is 0 Å². The standard InChI is InChI=1S/C4H8O4S3/c5-11(6,7)8-3-4-1-2-9-10-4/h4H,1-3H2,(H,5,6,7). The molecule has 1 saturated heterocycles. The van der Waals surface area contributed by atoms with Crippen molar-refractivity contribution in [2.24, 2.45) is 0 Å². The lowest BCUT2D eigenvalue weighted by Crippen LogP contribution is -2.13. The SMILES string of the molecule is O=S(=O)(O)OCC1CCSS1. The van der Waals surface area contributed by atoms with Gasteiger partial charge < -0.3 is 0 Å². The number of rotatable bonds is 3. The predicted molar refractivity (Wildman–Crippen MR) is 46.0 cm³/mol. The molecule has 0 radical (unpaired) electrons. The lowest BCUT2D eigenvalue weighted by atomic mass is 10.3. The lowest BCUT2D eigenvalue weighted by molar-refractivity contribution is 0.268. The Bertz CT molecular complexity index is 205. The van der Waals surface area contributed by atoms with E-state index in [1.807, 2.05) is 0 Å². The number of hydrogen-bond donors (Lipinski definition) is 1. The molecule has 7 heteroatoms. The van der Waals surface area contributed by atoms with E-state index in [1.165, 1.54) is 0 Å². The zero-order valence-electron chi connectivity index (χ0n) is 5.60. The van der Waals surface area contributed by atoms with E-state index in [1.54, 1.807) is 21.6 Å². The second kappa shape index (κ2) is 3.99. The van der Waals surface area contributed by atoms with E-state index in [9.17, 15) is 8.42 Å². The highest BCUT2D eigenvalue weighted by atomic mass is 33.1. The fraction of sp³-hybridized carbons (Fsp3) is 1.00. The van der Waals surface area contributed by atoms with E-state index in [2.05, 4.69) is 4.18 Å². The van der Waals surface area contributed by atoms with Gasteiger partial charge in [0.25, 0.3) is 0 Å². The first-order chi connectivity index (χ1) is 5.08. The van der Waals surface area contributed by atoms with E-state index in [0.717, 1.165) is 12.2 Å². The lowest BCUT2D eigenvalue weighted by Gasteiger charge is -2.04. The van der Waals surface area contributed by atoms with Gasteiger partial charge in [-0.05, 0) is 6.42 Å². The van der Waals surface area contributed by atoms with Gasteiger partial charge in [0.2, 0.25) is 0 Å². The molecule has 1 unspecified atom stereocenters. The zero-order chi connectivity index (χ0) is 8.32. The maximum atomic E-state index is 10.1. The van der Waals surface area contributed by atoms with E-state index < -0.39 is 10.4 Å². The topological polar surface area (TPSA) is 63.6 Å². The summed E-state index contributed by atoms with van der Waals surface area (Å²) in [6, 6.07) is 0. The highest BCUT2D eigenvalue weighted by molar-refractivity contribution is 8.77. The third-order valence-corrected chi connectivity index (χ3v) is 4.47. The van der Waals surface area contributed by atoms with Gasteiger partial charge in [-0.15, -0.1) is 0 Å². The van der Waals surface area contributed by atoms with Crippen molar-refractivity contribution in [3.05, 3.63) is 0 Å². The van der Waals surface area contributed by atoms with Crippen molar-refractivity contribution >= 4 is 32.0 Å². The van der Waals surface area contributed by atoms with Crippen LogP contribution in [0.5, 0.6) is 0 Å². The smallest absolute Gasteiger partial charge is 0.264 e. The molecule has 1 heterocycles. The van der Waals surface area contributed by atoms with Crippen molar-refractivity contribution < 1.29 is 17.2 Å². The molecule has 0 bridgehead atoms. The van der Waals surface area contributed by atoms with Gasteiger partial charge in [0.05, 0.1) is 6.61 Å². The minimum atomic E-state index is -4.23. The van der Waals surface area contributed by atoms with Crippen LogP contribution in [-0.2, 0) is 14.6 Å². The summed E-state index contributed by atoms with van der Waals surface area (Å²) in [4.78, 5) is 0. The summed E-state index contributed by atoms with van der Waals surface area (Å²) >= 11 is 0. The molecule has 1 N–H and O–H groups in total. The Kier molecular flexibility index (Phi) is 3.51. The Labute approximate surface area is 73.4 Å². The zero-order valence-corrected chi connectivity index (χ0v) is 8.04. The highest BCUT2D eigenvalue weighted by Crippen LogP contribution is 2.37. The minimum Gasteiger partial charge on any atom is -0.264 e. The van der Waals surface area contributed by atoms with Gasteiger partial charge in [-0.25, -0.2) is 4.18 Å². The van der Waals surface area contributed by atoms with Gasteiger partial charge in [-0.1, -0.05) is 21.6 Å². The normalized spacial score (nSPS) is 25.7. The summed E-state index contributed by atoms with van der Waals surface area (Å²) in [5, 5.41) is 0.196. The molecule has 0 saturated carbocycles. The van der Waals surface area contributed by atoms with Crippen molar-refractivity contribution in [1.82, 2.24) is 0 Å². The maximum Gasteiger partial charge on any atom is 0.397 e. The molecule has 0 spiro atoms. The molecule has 11 heavy (non-hydrogen) atoms. The van der Waals surface area contributed by atoms with Crippen molar-refractivity contribution in [3.63, 3.8) is 0 Å². The van der Waals surface area contributed by atoms with Crippen LogP contribution in [0.2, 0.25) is 0 Å². The second-order valence-corrected chi connectivity index (χ2v) is 5.92. The second-order valence-electron chi connectivity index (χ2n) is 2.04. The quantitative estimate of drug-likeness (QED) is 0.560. The van der Waals surface area contributed by atoms with Gasteiger partial charge in [-0.2, -0.15) is 8.42 Å². The molecular formula is C4H8O4S3. The molecule has 0 amide bonds. The van der Waals surface area contributed by atoms with Gasteiger partial charge in [0, 0.05) is 11.0 Å². The average molecular weight is 216 g/mol. The summed E-state index contributed by atoms with van der Waals surface area (Å²) in [6.45, 7) is 0.0799. The molecule has 1 rings (SSSR count). The van der Waals surface area contributed by atoms with E-state index in [0.29, 0.717) is 0 Å². The molecule has 0 aromatic carbocycles. The van der Waals surface area contributed by atoms with Crippen LogP contribution >= 0.6 is 21.6 Å². The minimum absolute atomic E-state index is 0.0799. The molecular weight excluding hydrogens is 208 g/mol. The van der Waals surface area contributed by atoms with Crippen LogP contribution < -0.4 is 0 Å². The molecule has 1 aliphatic heterocycles. The predicted octanol–water partition coefficient (Wildman–Crippen LogP) is 0.960. The molecule has 1 fully saturated rings. The summed E-state index contributed by atoms with van der Waals surface area (Å²) in [5.74, 6) is 1.02. The number of hydrogen-bond acceptors (Lipinski definition) is 5. The Balaban J connectivity index is 2.22. The van der Waals surface area contributed by atoms with Gasteiger partial charge in [0.15, 0.2) is 0 Å². The largest absolute Gasteiger partial charge is 0.397 e. The summed E-state index contributed by atoms with van der Waals surface area (Å²) in [7, 11) is -0.942. The first-order valence-electron chi connectivity index (χ1n) is 2.98. The van der Waals surface area contributed by atoms with Crippen LogP contribution in [0.25, 0.3) is 0 Å². The van der Waals surface area contributed by atoms with Gasteiger partial charge >= 0.3 is 10.4 Å². The molecule has 66 valence electrons. The van der Waals surface area contributed by atoms with Crippen LogP contribution in [0.4, 0.5) is 0 Å². The highest BCUT2D eigenvalue weighted by Gasteiger charge is 2.19. The van der Waals surface area contributed by atoms with Crippen molar-refractivity contribution in [1.29, 1.82) is 0 Å². The first kappa shape index (κ1) is 9.66. The summed E-state index contributed by atoms with van der Waals surface area (Å²) in [5.41, 5.74) is 0. The third-order valence-electron chi connectivity index (χ3n) is 1.13. The molecule has 4 nitrogen and oxygen atoms in total. The molecule has 0 aromatic rings. The van der Waals surface area contributed by atoms with Crippen LogP contribution in [0.1, 0.15) is 6.42 Å². The van der Waals surface area contributed by atoms with Crippen LogP contribution in [0.3, 0.4) is 0 Å². The molecule has 1 atom stereocenters. The Morgan fingerprint density at radius 2 is 2.36 bits per heavy atom. The van der Waals surface area contributed by atoms with E-state index >= 15 is 0 Å². The van der Waals surface area contributed by atoms with Crippen molar-refractivity contribution in [3.8, 4) is 0 Å². The molecule has 1 aliphatic rings. The Hall–Kier alpha value is 0.570. The van der Waals surface area contributed by atoms with Crippen LogP contribution in [0.15, 0.2) is 0 Å².